The minimum absolute atomic E-state index is 0.00437. The first-order valence-corrected chi connectivity index (χ1v) is 9.13. The average molecular weight is 368 g/mol. The molecule has 0 N–H and O–H groups in total. The van der Waals surface area contributed by atoms with Crippen LogP contribution in [0.5, 0.6) is 11.5 Å². The lowest BCUT2D eigenvalue weighted by atomic mass is 10.1. The summed E-state index contributed by atoms with van der Waals surface area (Å²) >= 11 is 0. The van der Waals surface area contributed by atoms with Crippen molar-refractivity contribution < 1.29 is 19.1 Å². The first-order chi connectivity index (χ1) is 13.1. The number of carbonyl (C=O) groups excluding carboxylic acids is 2. The topological polar surface area (TPSA) is 59.1 Å². The van der Waals surface area contributed by atoms with Crippen molar-refractivity contribution in [3.63, 3.8) is 0 Å². The number of likely N-dealkylation sites (N-methyl/N-ethyl adjacent to an activating group) is 1. The van der Waals surface area contributed by atoms with Gasteiger partial charge in [-0.05, 0) is 43.7 Å². The molecule has 0 atom stereocenters. The lowest BCUT2D eigenvalue weighted by Gasteiger charge is -2.34. The van der Waals surface area contributed by atoms with E-state index in [4.69, 9.17) is 9.47 Å². The lowest BCUT2D eigenvalue weighted by molar-refractivity contribution is -0.117. The zero-order valence-electron chi connectivity index (χ0n) is 15.9. The molecule has 2 amide bonds. The third kappa shape index (κ3) is 3.74. The predicted octanol–water partition coefficient (Wildman–Crippen LogP) is 3.50. The highest BCUT2D eigenvalue weighted by Crippen LogP contribution is 2.35. The van der Waals surface area contributed by atoms with Crippen molar-refractivity contribution in [2.45, 2.75) is 20.3 Å². The van der Waals surface area contributed by atoms with Crippen LogP contribution >= 0.6 is 0 Å². The SMILES string of the molecule is CCCOc1ccc(C(=O)N2CC(=O)N(C)c3ccccc32)cc1OCC. The molecule has 0 unspecified atom stereocenters. The molecule has 0 saturated carbocycles. The number of rotatable bonds is 6. The zero-order valence-corrected chi connectivity index (χ0v) is 15.9. The van der Waals surface area contributed by atoms with Gasteiger partial charge in [0.2, 0.25) is 5.91 Å². The van der Waals surface area contributed by atoms with Gasteiger partial charge in [0.25, 0.3) is 5.91 Å². The molecule has 0 saturated heterocycles. The van der Waals surface area contributed by atoms with Gasteiger partial charge in [-0.15, -0.1) is 0 Å². The second kappa shape index (κ2) is 8.12. The van der Waals surface area contributed by atoms with E-state index in [9.17, 15) is 9.59 Å². The molecule has 142 valence electrons. The second-order valence-electron chi connectivity index (χ2n) is 6.28. The molecule has 1 aliphatic rings. The van der Waals surface area contributed by atoms with Crippen LogP contribution in [0.2, 0.25) is 0 Å². The normalized spacial score (nSPS) is 13.4. The van der Waals surface area contributed by atoms with E-state index < -0.39 is 0 Å². The van der Waals surface area contributed by atoms with Gasteiger partial charge in [-0.3, -0.25) is 14.5 Å². The van der Waals surface area contributed by atoms with Gasteiger partial charge < -0.3 is 14.4 Å². The van der Waals surface area contributed by atoms with E-state index in [0.717, 1.165) is 12.1 Å². The van der Waals surface area contributed by atoms with Crippen molar-refractivity contribution in [3.05, 3.63) is 48.0 Å². The van der Waals surface area contributed by atoms with Crippen LogP contribution in [0.1, 0.15) is 30.6 Å². The third-order valence-corrected chi connectivity index (χ3v) is 4.40. The number of amides is 2. The van der Waals surface area contributed by atoms with Crippen LogP contribution in [0, 0.1) is 0 Å². The van der Waals surface area contributed by atoms with Crippen molar-refractivity contribution >= 4 is 23.2 Å². The Morgan fingerprint density at radius 3 is 2.48 bits per heavy atom. The van der Waals surface area contributed by atoms with Crippen molar-refractivity contribution in [2.75, 3.05) is 36.6 Å². The van der Waals surface area contributed by atoms with E-state index >= 15 is 0 Å². The number of hydrogen-bond acceptors (Lipinski definition) is 4. The van der Waals surface area contributed by atoms with Crippen molar-refractivity contribution in [2.24, 2.45) is 0 Å². The van der Waals surface area contributed by atoms with E-state index in [2.05, 4.69) is 0 Å². The van der Waals surface area contributed by atoms with Crippen LogP contribution in [-0.4, -0.2) is 38.6 Å². The molecule has 27 heavy (non-hydrogen) atoms. The Hall–Kier alpha value is -3.02. The molecule has 6 heteroatoms. The Morgan fingerprint density at radius 1 is 1.04 bits per heavy atom. The number of fused-ring (bicyclic) bond motifs is 1. The van der Waals surface area contributed by atoms with Gasteiger partial charge in [0.15, 0.2) is 11.5 Å². The highest BCUT2D eigenvalue weighted by atomic mass is 16.5. The van der Waals surface area contributed by atoms with E-state index in [1.54, 1.807) is 30.1 Å². The van der Waals surface area contributed by atoms with Gasteiger partial charge in [0.1, 0.15) is 6.54 Å². The summed E-state index contributed by atoms with van der Waals surface area (Å²) < 4.78 is 11.3. The lowest BCUT2D eigenvalue weighted by Crippen LogP contribution is -2.46. The quantitative estimate of drug-likeness (QED) is 0.783. The van der Waals surface area contributed by atoms with Gasteiger partial charge in [-0.2, -0.15) is 0 Å². The van der Waals surface area contributed by atoms with E-state index in [1.807, 2.05) is 38.1 Å². The fourth-order valence-electron chi connectivity index (χ4n) is 3.01. The third-order valence-electron chi connectivity index (χ3n) is 4.40. The maximum Gasteiger partial charge on any atom is 0.258 e. The van der Waals surface area contributed by atoms with Crippen molar-refractivity contribution in [1.82, 2.24) is 0 Å². The highest BCUT2D eigenvalue weighted by molar-refractivity contribution is 6.15. The van der Waals surface area contributed by atoms with Crippen LogP contribution in [0.3, 0.4) is 0 Å². The monoisotopic (exact) mass is 368 g/mol. The number of carbonyl (C=O) groups is 2. The van der Waals surface area contributed by atoms with Crippen LogP contribution in [0.25, 0.3) is 0 Å². The first kappa shape index (κ1) is 18.8. The summed E-state index contributed by atoms with van der Waals surface area (Å²) in [5.74, 6) is 0.775. The van der Waals surface area contributed by atoms with Crippen LogP contribution < -0.4 is 19.3 Å². The molecule has 3 rings (SSSR count). The molecule has 0 spiro atoms. The summed E-state index contributed by atoms with van der Waals surface area (Å²) in [6, 6.07) is 12.5. The van der Waals surface area contributed by atoms with Crippen molar-refractivity contribution in [3.8, 4) is 11.5 Å². The summed E-state index contributed by atoms with van der Waals surface area (Å²) in [5.41, 5.74) is 1.89. The Morgan fingerprint density at radius 2 is 1.78 bits per heavy atom. The summed E-state index contributed by atoms with van der Waals surface area (Å²) in [6.45, 7) is 4.96. The molecule has 0 bridgehead atoms. The molecule has 0 aliphatic carbocycles. The maximum atomic E-state index is 13.2. The number of benzene rings is 2. The Balaban J connectivity index is 1.95. The number of nitrogens with zero attached hydrogens (tertiary/aromatic N) is 2. The standard InChI is InChI=1S/C21H24N2O4/c1-4-12-27-18-11-10-15(13-19(18)26-5-2)21(25)23-14-20(24)22(3)16-8-6-7-9-17(16)23/h6-11,13H,4-5,12,14H2,1-3H3. The van der Waals surface area contributed by atoms with Crippen LogP contribution in [-0.2, 0) is 4.79 Å². The molecule has 6 nitrogen and oxygen atoms in total. The summed E-state index contributed by atoms with van der Waals surface area (Å²) in [4.78, 5) is 28.6. The van der Waals surface area contributed by atoms with Gasteiger partial charge in [-0.25, -0.2) is 0 Å². The van der Waals surface area contributed by atoms with Crippen LogP contribution in [0.15, 0.2) is 42.5 Å². The maximum absolute atomic E-state index is 13.2. The van der Waals surface area contributed by atoms with E-state index in [-0.39, 0.29) is 18.4 Å². The second-order valence-corrected chi connectivity index (χ2v) is 6.28. The Kier molecular flexibility index (Phi) is 5.64. The van der Waals surface area contributed by atoms with Gasteiger partial charge in [0.05, 0.1) is 24.6 Å². The van der Waals surface area contributed by atoms with E-state index in [0.29, 0.717) is 36.0 Å². The molecule has 2 aromatic rings. The largest absolute Gasteiger partial charge is 0.490 e. The van der Waals surface area contributed by atoms with Crippen LogP contribution in [0.4, 0.5) is 11.4 Å². The minimum atomic E-state index is -0.244. The predicted molar refractivity (Wildman–Crippen MR) is 105 cm³/mol. The zero-order chi connectivity index (χ0) is 19.4. The van der Waals surface area contributed by atoms with Gasteiger partial charge in [-0.1, -0.05) is 19.1 Å². The Bertz CT molecular complexity index is 850. The van der Waals surface area contributed by atoms with Gasteiger partial charge >= 0.3 is 0 Å². The number of anilines is 2. The molecule has 0 aromatic heterocycles. The van der Waals surface area contributed by atoms with Crippen molar-refractivity contribution in [1.29, 1.82) is 0 Å². The molecule has 1 heterocycles. The van der Waals surface area contributed by atoms with Gasteiger partial charge in [0, 0.05) is 12.6 Å². The minimum Gasteiger partial charge on any atom is -0.490 e. The first-order valence-electron chi connectivity index (χ1n) is 9.13. The van der Waals surface area contributed by atoms with E-state index in [1.165, 1.54) is 4.90 Å². The molecule has 0 fully saturated rings. The fourth-order valence-corrected chi connectivity index (χ4v) is 3.01. The fraction of sp³-hybridized carbons (Fsp3) is 0.333. The summed E-state index contributed by atoms with van der Waals surface area (Å²) in [6.07, 6.45) is 0.881. The smallest absolute Gasteiger partial charge is 0.258 e. The number of ether oxygens (including phenoxy) is 2. The Labute approximate surface area is 159 Å². The summed E-state index contributed by atoms with van der Waals surface area (Å²) in [5, 5.41) is 0. The molecular weight excluding hydrogens is 344 g/mol. The summed E-state index contributed by atoms with van der Waals surface area (Å²) in [7, 11) is 1.72. The molecule has 1 aliphatic heterocycles. The highest BCUT2D eigenvalue weighted by Gasteiger charge is 2.31. The number of para-hydroxylation sites is 2. The average Bonchev–Trinajstić information content (AvgIpc) is 2.69. The number of hydrogen-bond donors (Lipinski definition) is 0. The molecular formula is C21H24N2O4. The molecule has 0 radical (unpaired) electrons. The molecule has 2 aromatic carbocycles.